The Labute approximate surface area is 338 Å². The molecule has 0 aliphatic rings. The first-order valence-corrected chi connectivity index (χ1v) is 19.9. The van der Waals surface area contributed by atoms with Crippen LogP contribution in [0.5, 0.6) is 0 Å². The van der Waals surface area contributed by atoms with Gasteiger partial charge in [-0.2, -0.15) is 0 Å². The SMILES string of the molecule is c1ccc(-c2ccccc2N(c2cccc(-c3ccc4cc(-c5ccc6ccccc6c5)ccc4c3)c2)c2ccc3c4ccccc4n(-c4ccccc4)c3c2)cc1. The molecule has 0 fully saturated rings. The second-order valence-corrected chi connectivity index (χ2v) is 15.0. The van der Waals surface area contributed by atoms with Gasteiger partial charge in [-0.25, -0.2) is 0 Å². The molecule has 11 aromatic rings. The molecule has 0 unspecified atom stereocenters. The summed E-state index contributed by atoms with van der Waals surface area (Å²) in [6.07, 6.45) is 0. The zero-order valence-electron chi connectivity index (χ0n) is 31.8. The Hall–Kier alpha value is -7.68. The van der Waals surface area contributed by atoms with Crippen molar-refractivity contribution in [3.63, 3.8) is 0 Å². The molecule has 0 spiro atoms. The number of hydrogen-bond donors (Lipinski definition) is 0. The van der Waals surface area contributed by atoms with E-state index in [4.69, 9.17) is 0 Å². The zero-order valence-corrected chi connectivity index (χ0v) is 31.8. The van der Waals surface area contributed by atoms with E-state index in [0.717, 1.165) is 22.7 Å². The molecule has 0 bridgehead atoms. The van der Waals surface area contributed by atoms with Gasteiger partial charge in [-0.15, -0.1) is 0 Å². The monoisotopic (exact) mass is 738 g/mol. The van der Waals surface area contributed by atoms with Crippen molar-refractivity contribution in [2.45, 2.75) is 0 Å². The predicted molar refractivity (Wildman–Crippen MR) is 247 cm³/mol. The lowest BCUT2D eigenvalue weighted by atomic mass is 9.96. The molecule has 0 amide bonds. The van der Waals surface area contributed by atoms with Gasteiger partial charge in [-0.3, -0.25) is 0 Å². The van der Waals surface area contributed by atoms with Crippen molar-refractivity contribution in [2.24, 2.45) is 0 Å². The predicted octanol–water partition coefficient (Wildman–Crippen LogP) is 15.6. The van der Waals surface area contributed by atoms with E-state index < -0.39 is 0 Å². The Kier molecular flexibility index (Phi) is 8.19. The molecule has 2 heteroatoms. The number of aromatic nitrogens is 1. The van der Waals surface area contributed by atoms with E-state index in [1.165, 1.54) is 76.7 Å². The minimum Gasteiger partial charge on any atom is -0.310 e. The number of anilines is 3. The maximum Gasteiger partial charge on any atom is 0.0561 e. The fourth-order valence-electron chi connectivity index (χ4n) is 8.71. The number of para-hydroxylation sites is 3. The van der Waals surface area contributed by atoms with Crippen LogP contribution in [-0.4, -0.2) is 4.57 Å². The lowest BCUT2D eigenvalue weighted by molar-refractivity contribution is 1.18. The Bertz CT molecular complexity index is 3290. The summed E-state index contributed by atoms with van der Waals surface area (Å²) >= 11 is 0. The van der Waals surface area contributed by atoms with Gasteiger partial charge in [0.15, 0.2) is 0 Å². The first-order chi connectivity index (χ1) is 28.7. The molecular formula is C56H38N2. The van der Waals surface area contributed by atoms with Crippen molar-refractivity contribution in [3.8, 4) is 39.1 Å². The molecule has 272 valence electrons. The van der Waals surface area contributed by atoms with Gasteiger partial charge in [0.1, 0.15) is 0 Å². The van der Waals surface area contributed by atoms with Gasteiger partial charge in [0.2, 0.25) is 0 Å². The van der Waals surface area contributed by atoms with E-state index in [-0.39, 0.29) is 0 Å². The van der Waals surface area contributed by atoms with Crippen LogP contribution in [0.15, 0.2) is 231 Å². The van der Waals surface area contributed by atoms with Gasteiger partial charge in [-0.05, 0) is 116 Å². The van der Waals surface area contributed by atoms with Crippen molar-refractivity contribution >= 4 is 60.4 Å². The summed E-state index contributed by atoms with van der Waals surface area (Å²) in [7, 11) is 0. The fourth-order valence-corrected chi connectivity index (χ4v) is 8.71. The minimum atomic E-state index is 1.09. The molecule has 11 rings (SSSR count). The molecule has 0 aliphatic heterocycles. The smallest absolute Gasteiger partial charge is 0.0561 e. The van der Waals surface area contributed by atoms with Crippen LogP contribution in [0.2, 0.25) is 0 Å². The number of fused-ring (bicyclic) bond motifs is 5. The molecule has 0 atom stereocenters. The Morgan fingerprint density at radius 2 is 0.828 bits per heavy atom. The lowest BCUT2D eigenvalue weighted by Crippen LogP contribution is -2.11. The normalized spacial score (nSPS) is 11.4. The third-order valence-electron chi connectivity index (χ3n) is 11.5. The van der Waals surface area contributed by atoms with Gasteiger partial charge in [0.25, 0.3) is 0 Å². The Morgan fingerprint density at radius 3 is 1.59 bits per heavy atom. The first-order valence-electron chi connectivity index (χ1n) is 19.9. The quantitative estimate of drug-likeness (QED) is 0.158. The highest BCUT2D eigenvalue weighted by Crippen LogP contribution is 2.44. The summed E-state index contributed by atoms with van der Waals surface area (Å²) < 4.78 is 2.40. The maximum absolute atomic E-state index is 2.43. The van der Waals surface area contributed by atoms with Gasteiger partial charge >= 0.3 is 0 Å². The second kappa shape index (κ2) is 14.1. The van der Waals surface area contributed by atoms with Crippen molar-refractivity contribution in [2.75, 3.05) is 4.90 Å². The number of hydrogen-bond acceptors (Lipinski definition) is 1. The highest BCUT2D eigenvalue weighted by molar-refractivity contribution is 6.10. The van der Waals surface area contributed by atoms with Crippen LogP contribution in [-0.2, 0) is 0 Å². The molecule has 10 aromatic carbocycles. The summed E-state index contributed by atoms with van der Waals surface area (Å²) in [6, 6.07) is 83.8. The number of nitrogens with zero attached hydrogens (tertiary/aromatic N) is 2. The van der Waals surface area contributed by atoms with Crippen LogP contribution in [0.25, 0.3) is 82.4 Å². The van der Waals surface area contributed by atoms with E-state index in [1.807, 2.05) is 0 Å². The molecule has 58 heavy (non-hydrogen) atoms. The maximum atomic E-state index is 2.43. The van der Waals surface area contributed by atoms with Crippen molar-refractivity contribution in [1.82, 2.24) is 4.57 Å². The van der Waals surface area contributed by atoms with E-state index in [1.54, 1.807) is 0 Å². The van der Waals surface area contributed by atoms with Gasteiger partial charge in [0.05, 0.1) is 16.7 Å². The third-order valence-corrected chi connectivity index (χ3v) is 11.5. The molecule has 1 aromatic heterocycles. The summed E-state index contributed by atoms with van der Waals surface area (Å²) in [5.74, 6) is 0. The molecule has 2 nitrogen and oxygen atoms in total. The van der Waals surface area contributed by atoms with Crippen LogP contribution in [0.3, 0.4) is 0 Å². The highest BCUT2D eigenvalue weighted by atomic mass is 15.1. The van der Waals surface area contributed by atoms with E-state index in [0.29, 0.717) is 0 Å². The highest BCUT2D eigenvalue weighted by Gasteiger charge is 2.20. The van der Waals surface area contributed by atoms with Gasteiger partial charge in [0, 0.05) is 33.4 Å². The first kappa shape index (κ1) is 33.6. The molecule has 1 heterocycles. The summed E-state index contributed by atoms with van der Waals surface area (Å²) in [4.78, 5) is 2.43. The zero-order chi connectivity index (χ0) is 38.4. The summed E-state index contributed by atoms with van der Waals surface area (Å²) in [5, 5.41) is 7.44. The third kappa shape index (κ3) is 5.91. The van der Waals surface area contributed by atoms with Crippen LogP contribution in [0.4, 0.5) is 17.1 Å². The second-order valence-electron chi connectivity index (χ2n) is 15.0. The van der Waals surface area contributed by atoms with Crippen molar-refractivity contribution in [3.05, 3.63) is 231 Å². The Balaban J connectivity index is 1.05. The number of rotatable bonds is 7. The molecule has 0 aliphatic carbocycles. The Morgan fingerprint density at radius 1 is 0.293 bits per heavy atom. The van der Waals surface area contributed by atoms with Crippen molar-refractivity contribution in [1.29, 1.82) is 0 Å². The van der Waals surface area contributed by atoms with E-state index in [2.05, 4.69) is 240 Å². The van der Waals surface area contributed by atoms with Crippen LogP contribution in [0, 0.1) is 0 Å². The average Bonchev–Trinajstić information content (AvgIpc) is 3.63. The van der Waals surface area contributed by atoms with Crippen LogP contribution < -0.4 is 4.90 Å². The molecule has 0 radical (unpaired) electrons. The number of benzene rings is 10. The van der Waals surface area contributed by atoms with Crippen LogP contribution in [0.1, 0.15) is 0 Å². The molecule has 0 N–H and O–H groups in total. The fraction of sp³-hybridized carbons (Fsp3) is 0. The molecule has 0 saturated heterocycles. The topological polar surface area (TPSA) is 8.17 Å². The summed E-state index contributed by atoms with van der Waals surface area (Å²) in [6.45, 7) is 0. The van der Waals surface area contributed by atoms with Crippen LogP contribution >= 0.6 is 0 Å². The largest absolute Gasteiger partial charge is 0.310 e. The molecular weight excluding hydrogens is 701 g/mol. The lowest BCUT2D eigenvalue weighted by Gasteiger charge is -2.28. The average molecular weight is 739 g/mol. The standard InChI is InChI=1S/C56H38N2/c1-3-15-40(16-4-1)51-22-9-11-24-54(51)57(50-32-33-53-52-23-10-12-25-55(52)58(56(53)38-50)48-19-5-2-6-20-48)49-21-13-18-42(37-49)43-28-29-47-36-46(31-30-45(47)35-43)44-27-26-39-14-7-8-17-41(39)34-44/h1-38H. The minimum absolute atomic E-state index is 1.09. The van der Waals surface area contributed by atoms with Gasteiger partial charge < -0.3 is 9.47 Å². The molecule has 0 saturated carbocycles. The summed E-state index contributed by atoms with van der Waals surface area (Å²) in [5.41, 5.74) is 14.0. The van der Waals surface area contributed by atoms with Crippen molar-refractivity contribution < 1.29 is 0 Å². The van der Waals surface area contributed by atoms with E-state index in [9.17, 15) is 0 Å². The van der Waals surface area contributed by atoms with E-state index >= 15 is 0 Å². The van der Waals surface area contributed by atoms with Gasteiger partial charge in [-0.1, -0.05) is 164 Å².